The number of hydrogen-bond donors (Lipinski definition) is 3. The van der Waals surface area contributed by atoms with Crippen LogP contribution < -0.4 is 16.2 Å². The average Bonchev–Trinajstić information content (AvgIpc) is 3.17. The van der Waals surface area contributed by atoms with Gasteiger partial charge in [0.05, 0.1) is 6.17 Å². The van der Waals surface area contributed by atoms with Crippen LogP contribution in [0, 0.1) is 5.92 Å². The molecule has 1 amide bonds. The highest BCUT2D eigenvalue weighted by atomic mass is 16.3. The topological polar surface area (TPSA) is 66.3 Å². The molecule has 1 aromatic heterocycles. The second kappa shape index (κ2) is 4.81. The highest BCUT2D eigenvalue weighted by Crippen LogP contribution is 2.40. The predicted octanol–water partition coefficient (Wildman–Crippen LogP) is 2.24. The minimum absolute atomic E-state index is 0.0131. The number of rotatable bonds is 1. The Balaban J connectivity index is 1.71. The first-order valence-electron chi connectivity index (χ1n) is 7.99. The fourth-order valence-electron chi connectivity index (χ4n) is 4.01. The van der Waals surface area contributed by atoms with Crippen molar-refractivity contribution in [2.75, 3.05) is 6.54 Å². The Kier molecular flexibility index (Phi) is 2.74. The van der Waals surface area contributed by atoms with Crippen LogP contribution in [-0.2, 0) is 4.79 Å². The van der Waals surface area contributed by atoms with Crippen molar-refractivity contribution < 1.29 is 9.21 Å². The van der Waals surface area contributed by atoms with E-state index >= 15 is 0 Å². The van der Waals surface area contributed by atoms with Gasteiger partial charge in [0.25, 0.3) is 0 Å². The number of piperidine rings is 1. The number of benzene rings is 2. The molecule has 3 unspecified atom stereocenters. The molecule has 0 spiro atoms. The molecule has 23 heavy (non-hydrogen) atoms. The molecular weight excluding hydrogens is 290 g/mol. The molecule has 0 saturated carbocycles. The van der Waals surface area contributed by atoms with Crippen molar-refractivity contribution in [1.29, 1.82) is 0 Å². The molecule has 116 valence electrons. The van der Waals surface area contributed by atoms with Gasteiger partial charge in [-0.1, -0.05) is 36.4 Å². The lowest BCUT2D eigenvalue weighted by Crippen LogP contribution is -2.52. The van der Waals surface area contributed by atoms with Crippen LogP contribution in [0.1, 0.15) is 17.9 Å². The minimum Gasteiger partial charge on any atom is -0.456 e. The van der Waals surface area contributed by atoms with Crippen molar-refractivity contribution in [3.8, 4) is 0 Å². The third-order valence-electron chi connectivity index (χ3n) is 5.10. The molecule has 5 nitrogen and oxygen atoms in total. The third kappa shape index (κ3) is 1.90. The average molecular weight is 307 g/mol. The van der Waals surface area contributed by atoms with Gasteiger partial charge in [0, 0.05) is 35.6 Å². The van der Waals surface area contributed by atoms with E-state index in [1.165, 1.54) is 0 Å². The second-order valence-electron chi connectivity index (χ2n) is 6.37. The molecule has 2 saturated heterocycles. The summed E-state index contributed by atoms with van der Waals surface area (Å²) in [5, 5.41) is 5.26. The lowest BCUT2D eigenvalue weighted by Gasteiger charge is -2.33. The number of hydrazine groups is 1. The summed E-state index contributed by atoms with van der Waals surface area (Å²) in [5.41, 5.74) is 9.26. The standard InChI is InChI=1S/C18H17N3O2/c22-16-8-13(14-9-19-21-18(14)20-16)12-6-3-5-11-10-4-1-2-7-15(10)23-17(11)12/h1-7,13-14,18-19,21H,8-9H2,(H,20,22). The first-order valence-corrected chi connectivity index (χ1v) is 7.99. The Morgan fingerprint density at radius 3 is 2.87 bits per heavy atom. The second-order valence-corrected chi connectivity index (χ2v) is 6.37. The number of carbonyl (C=O) groups is 1. The molecule has 5 heteroatoms. The van der Waals surface area contributed by atoms with E-state index in [0.717, 1.165) is 34.0 Å². The van der Waals surface area contributed by atoms with E-state index in [1.54, 1.807) is 0 Å². The number of nitrogens with one attached hydrogen (secondary N) is 3. The van der Waals surface area contributed by atoms with Gasteiger partial charge in [-0.2, -0.15) is 0 Å². The number of fused-ring (bicyclic) bond motifs is 4. The molecule has 3 atom stereocenters. The van der Waals surface area contributed by atoms with Crippen LogP contribution in [0.15, 0.2) is 46.9 Å². The van der Waals surface area contributed by atoms with Crippen molar-refractivity contribution in [1.82, 2.24) is 16.2 Å². The Hall–Kier alpha value is -2.37. The number of furan rings is 1. The van der Waals surface area contributed by atoms with Gasteiger partial charge in [-0.3, -0.25) is 10.2 Å². The molecule has 0 aliphatic carbocycles. The molecule has 0 radical (unpaired) electrons. The van der Waals surface area contributed by atoms with Crippen LogP contribution in [0.25, 0.3) is 21.9 Å². The van der Waals surface area contributed by atoms with Gasteiger partial charge in [0.15, 0.2) is 0 Å². The summed E-state index contributed by atoms with van der Waals surface area (Å²) in [5.74, 6) is 0.563. The van der Waals surface area contributed by atoms with Crippen molar-refractivity contribution in [2.24, 2.45) is 5.92 Å². The van der Waals surface area contributed by atoms with Crippen LogP contribution in [0.5, 0.6) is 0 Å². The normalized spacial score (nSPS) is 27.3. The minimum atomic E-state index is -0.0131. The summed E-state index contributed by atoms with van der Waals surface area (Å²) in [6, 6.07) is 14.4. The van der Waals surface area contributed by atoms with Gasteiger partial charge in [0.1, 0.15) is 11.2 Å². The fourth-order valence-corrected chi connectivity index (χ4v) is 4.01. The summed E-state index contributed by atoms with van der Waals surface area (Å²) in [7, 11) is 0. The largest absolute Gasteiger partial charge is 0.456 e. The number of hydrogen-bond acceptors (Lipinski definition) is 4. The van der Waals surface area contributed by atoms with E-state index in [1.807, 2.05) is 18.2 Å². The van der Waals surface area contributed by atoms with Gasteiger partial charge >= 0.3 is 0 Å². The number of carbonyl (C=O) groups excluding carboxylic acids is 1. The summed E-state index contributed by atoms with van der Waals surface area (Å²) in [6.45, 7) is 0.840. The number of amides is 1. The highest BCUT2D eigenvalue weighted by molar-refractivity contribution is 6.06. The first kappa shape index (κ1) is 13.1. The van der Waals surface area contributed by atoms with Crippen molar-refractivity contribution in [3.05, 3.63) is 48.0 Å². The highest BCUT2D eigenvalue weighted by Gasteiger charge is 2.41. The summed E-state index contributed by atoms with van der Waals surface area (Å²) in [4.78, 5) is 12.1. The lowest BCUT2D eigenvalue weighted by atomic mass is 9.79. The van der Waals surface area contributed by atoms with E-state index in [2.05, 4.69) is 40.4 Å². The summed E-state index contributed by atoms with van der Waals surface area (Å²) in [6.07, 6.45) is 0.488. The quantitative estimate of drug-likeness (QED) is 0.645. The molecule has 5 rings (SSSR count). The Bertz CT molecular complexity index is 917. The van der Waals surface area contributed by atoms with Gasteiger partial charge in [-0.05, 0) is 11.6 Å². The van der Waals surface area contributed by atoms with Crippen LogP contribution in [0.4, 0.5) is 0 Å². The van der Waals surface area contributed by atoms with E-state index < -0.39 is 0 Å². The van der Waals surface area contributed by atoms with E-state index in [-0.39, 0.29) is 18.0 Å². The maximum Gasteiger partial charge on any atom is 0.221 e. The predicted molar refractivity (Wildman–Crippen MR) is 87.6 cm³/mol. The molecule has 3 aromatic rings. The smallest absolute Gasteiger partial charge is 0.221 e. The van der Waals surface area contributed by atoms with Crippen molar-refractivity contribution >= 4 is 27.8 Å². The zero-order valence-electron chi connectivity index (χ0n) is 12.5. The van der Waals surface area contributed by atoms with Gasteiger partial charge in [0.2, 0.25) is 5.91 Å². The van der Waals surface area contributed by atoms with Crippen LogP contribution in [0.2, 0.25) is 0 Å². The molecule has 2 aliphatic rings. The molecule has 3 heterocycles. The van der Waals surface area contributed by atoms with Gasteiger partial charge < -0.3 is 9.73 Å². The van der Waals surface area contributed by atoms with Crippen LogP contribution >= 0.6 is 0 Å². The Morgan fingerprint density at radius 1 is 1.04 bits per heavy atom. The Labute approximate surface area is 133 Å². The molecule has 2 aliphatic heterocycles. The molecule has 3 N–H and O–H groups in total. The van der Waals surface area contributed by atoms with Crippen LogP contribution in [-0.4, -0.2) is 18.6 Å². The summed E-state index contributed by atoms with van der Waals surface area (Å²) < 4.78 is 6.15. The molecule has 2 fully saturated rings. The monoisotopic (exact) mass is 307 g/mol. The van der Waals surface area contributed by atoms with E-state index in [4.69, 9.17) is 4.42 Å². The first-order chi connectivity index (χ1) is 11.3. The SMILES string of the molecule is O=C1CC(c2cccc3c2oc2ccccc23)C2CNNC2N1. The zero-order valence-corrected chi connectivity index (χ0v) is 12.5. The van der Waals surface area contributed by atoms with E-state index in [9.17, 15) is 4.79 Å². The molecule has 2 aromatic carbocycles. The van der Waals surface area contributed by atoms with Gasteiger partial charge in [-0.25, -0.2) is 5.43 Å². The van der Waals surface area contributed by atoms with Gasteiger partial charge in [-0.15, -0.1) is 0 Å². The van der Waals surface area contributed by atoms with Crippen molar-refractivity contribution in [3.63, 3.8) is 0 Å². The lowest BCUT2D eigenvalue weighted by molar-refractivity contribution is -0.124. The maximum atomic E-state index is 12.1. The van der Waals surface area contributed by atoms with E-state index in [0.29, 0.717) is 12.3 Å². The zero-order chi connectivity index (χ0) is 15.4. The third-order valence-corrected chi connectivity index (χ3v) is 5.10. The fraction of sp³-hybridized carbons (Fsp3) is 0.278. The molecular formula is C18H17N3O2. The summed E-state index contributed by atoms with van der Waals surface area (Å²) >= 11 is 0. The Morgan fingerprint density at radius 2 is 1.91 bits per heavy atom. The maximum absolute atomic E-state index is 12.1. The van der Waals surface area contributed by atoms with Crippen LogP contribution in [0.3, 0.4) is 0 Å². The molecule has 0 bridgehead atoms. The number of para-hydroxylation sites is 2. The van der Waals surface area contributed by atoms with Crippen molar-refractivity contribution in [2.45, 2.75) is 18.5 Å².